The summed E-state index contributed by atoms with van der Waals surface area (Å²) in [6.45, 7) is 2.61. The largest absolute Gasteiger partial charge is 0.480 e. The van der Waals surface area contributed by atoms with E-state index in [0.29, 0.717) is 6.54 Å². The normalized spacial score (nSPS) is 23.6. The van der Waals surface area contributed by atoms with E-state index in [1.807, 2.05) is 11.8 Å². The van der Waals surface area contributed by atoms with Gasteiger partial charge in [0.05, 0.1) is 13.1 Å². The summed E-state index contributed by atoms with van der Waals surface area (Å²) in [5.41, 5.74) is 0. The first-order valence-corrected chi connectivity index (χ1v) is 9.27. The highest BCUT2D eigenvalue weighted by molar-refractivity contribution is 5.84. The molecule has 4 N–H and O–H groups in total. The van der Waals surface area contributed by atoms with E-state index in [2.05, 4.69) is 16.0 Å². The Morgan fingerprint density at radius 1 is 1.04 bits per heavy atom. The Hall–Kier alpha value is -1.83. The molecule has 0 aromatic heterocycles. The lowest BCUT2D eigenvalue weighted by atomic mass is 9.85. The average Bonchev–Trinajstić information content (AvgIpc) is 2.55. The molecule has 3 amide bonds. The van der Waals surface area contributed by atoms with Crippen molar-refractivity contribution >= 4 is 17.9 Å². The minimum atomic E-state index is -0.831. The molecule has 2 aliphatic carbocycles. The van der Waals surface area contributed by atoms with Crippen molar-refractivity contribution in [3.05, 3.63) is 0 Å². The number of carboxylic acids is 1. The SMILES string of the molecule is CCN(CC(=O)O)C1CC(NC(=O)CNC(=O)NC2CCCCC2)C1. The fourth-order valence-electron chi connectivity index (χ4n) is 3.60. The number of amides is 3. The van der Waals surface area contributed by atoms with E-state index in [1.54, 1.807) is 0 Å². The fourth-order valence-corrected chi connectivity index (χ4v) is 3.60. The Morgan fingerprint density at radius 2 is 1.72 bits per heavy atom. The van der Waals surface area contributed by atoms with Gasteiger partial charge in [0.1, 0.15) is 0 Å². The van der Waals surface area contributed by atoms with Gasteiger partial charge in [-0.3, -0.25) is 14.5 Å². The molecule has 0 atom stereocenters. The standard InChI is InChI=1S/C17H30N4O4/c1-2-21(11-16(23)24)14-8-13(9-14)19-15(22)10-18-17(25)20-12-6-4-3-5-7-12/h12-14H,2-11H2,1H3,(H,19,22)(H,23,24)(H2,18,20,25). The van der Waals surface area contributed by atoms with E-state index in [0.717, 1.165) is 38.5 Å². The van der Waals surface area contributed by atoms with Crippen LogP contribution in [-0.2, 0) is 9.59 Å². The highest BCUT2D eigenvalue weighted by Crippen LogP contribution is 2.25. The van der Waals surface area contributed by atoms with E-state index in [4.69, 9.17) is 5.11 Å². The zero-order valence-corrected chi connectivity index (χ0v) is 14.9. The molecular weight excluding hydrogens is 324 g/mol. The van der Waals surface area contributed by atoms with Gasteiger partial charge in [-0.2, -0.15) is 0 Å². The molecule has 0 spiro atoms. The number of nitrogens with one attached hydrogen (secondary N) is 3. The van der Waals surface area contributed by atoms with Crippen LogP contribution >= 0.6 is 0 Å². The van der Waals surface area contributed by atoms with E-state index >= 15 is 0 Å². The average molecular weight is 354 g/mol. The van der Waals surface area contributed by atoms with Gasteiger partial charge in [0, 0.05) is 18.1 Å². The van der Waals surface area contributed by atoms with Gasteiger partial charge < -0.3 is 21.1 Å². The van der Waals surface area contributed by atoms with Crippen LogP contribution in [0.3, 0.4) is 0 Å². The molecule has 0 bridgehead atoms. The molecule has 0 saturated heterocycles. The Morgan fingerprint density at radius 3 is 2.32 bits per heavy atom. The monoisotopic (exact) mass is 354 g/mol. The minimum Gasteiger partial charge on any atom is -0.480 e. The molecule has 0 radical (unpaired) electrons. The van der Waals surface area contributed by atoms with Crippen LogP contribution in [0.2, 0.25) is 0 Å². The van der Waals surface area contributed by atoms with Crippen molar-refractivity contribution in [3.63, 3.8) is 0 Å². The first-order chi connectivity index (χ1) is 12.0. The van der Waals surface area contributed by atoms with Crippen LogP contribution in [-0.4, -0.2) is 65.7 Å². The van der Waals surface area contributed by atoms with Crippen molar-refractivity contribution < 1.29 is 19.5 Å². The Kier molecular flexibility index (Phi) is 7.49. The number of hydrogen-bond donors (Lipinski definition) is 4. The summed E-state index contributed by atoms with van der Waals surface area (Å²) in [5, 5.41) is 17.3. The zero-order valence-electron chi connectivity index (χ0n) is 14.9. The van der Waals surface area contributed by atoms with E-state index in [9.17, 15) is 14.4 Å². The molecule has 2 aliphatic rings. The predicted molar refractivity (Wildman–Crippen MR) is 93.2 cm³/mol. The van der Waals surface area contributed by atoms with Crippen LogP contribution in [0.1, 0.15) is 51.9 Å². The van der Waals surface area contributed by atoms with Gasteiger partial charge in [-0.05, 0) is 32.2 Å². The van der Waals surface area contributed by atoms with Gasteiger partial charge in [-0.25, -0.2) is 4.79 Å². The quantitative estimate of drug-likeness (QED) is 0.512. The Labute approximate surface area is 148 Å². The summed E-state index contributed by atoms with van der Waals surface area (Å²) in [4.78, 5) is 36.4. The molecule has 25 heavy (non-hydrogen) atoms. The molecule has 0 aromatic carbocycles. The van der Waals surface area contributed by atoms with Crippen molar-refractivity contribution in [2.24, 2.45) is 0 Å². The lowest BCUT2D eigenvalue weighted by Gasteiger charge is -2.42. The second-order valence-electron chi connectivity index (χ2n) is 7.01. The number of rotatable bonds is 8. The molecule has 0 aliphatic heterocycles. The van der Waals surface area contributed by atoms with Crippen LogP contribution in [0.25, 0.3) is 0 Å². The number of likely N-dealkylation sites (N-methyl/N-ethyl adjacent to an activating group) is 1. The Bertz CT molecular complexity index is 473. The second kappa shape index (κ2) is 9.60. The van der Waals surface area contributed by atoms with E-state index in [1.165, 1.54) is 6.42 Å². The summed E-state index contributed by atoms with van der Waals surface area (Å²) in [5.74, 6) is -1.04. The van der Waals surface area contributed by atoms with Crippen LogP contribution in [0.5, 0.6) is 0 Å². The van der Waals surface area contributed by atoms with Crippen molar-refractivity contribution in [3.8, 4) is 0 Å². The van der Waals surface area contributed by atoms with Gasteiger partial charge in [0.15, 0.2) is 0 Å². The molecule has 8 nitrogen and oxygen atoms in total. The molecule has 8 heteroatoms. The highest BCUT2D eigenvalue weighted by atomic mass is 16.4. The van der Waals surface area contributed by atoms with Crippen molar-refractivity contribution in [1.82, 2.24) is 20.9 Å². The van der Waals surface area contributed by atoms with Crippen molar-refractivity contribution in [1.29, 1.82) is 0 Å². The summed E-state index contributed by atoms with van der Waals surface area (Å²) < 4.78 is 0. The maximum absolute atomic E-state index is 11.9. The topological polar surface area (TPSA) is 111 Å². The van der Waals surface area contributed by atoms with Crippen LogP contribution in [0.15, 0.2) is 0 Å². The molecule has 142 valence electrons. The minimum absolute atomic E-state index is 0.0325. The lowest BCUT2D eigenvalue weighted by Crippen LogP contribution is -2.56. The molecule has 2 fully saturated rings. The van der Waals surface area contributed by atoms with Crippen molar-refractivity contribution in [2.75, 3.05) is 19.6 Å². The number of carbonyl (C=O) groups is 3. The summed E-state index contributed by atoms with van der Waals surface area (Å²) in [6.07, 6.45) is 7.03. The number of aliphatic carboxylic acids is 1. The first-order valence-electron chi connectivity index (χ1n) is 9.27. The third kappa shape index (κ3) is 6.53. The number of carboxylic acid groups (broad SMARTS) is 1. The first kappa shape index (κ1) is 19.5. The van der Waals surface area contributed by atoms with Crippen LogP contribution < -0.4 is 16.0 Å². The Balaban J connectivity index is 1.58. The molecule has 2 rings (SSSR count). The number of urea groups is 1. The van der Waals surface area contributed by atoms with Crippen LogP contribution in [0, 0.1) is 0 Å². The summed E-state index contributed by atoms with van der Waals surface area (Å²) in [6, 6.07) is 0.197. The smallest absolute Gasteiger partial charge is 0.317 e. The van der Waals surface area contributed by atoms with Crippen LogP contribution in [0.4, 0.5) is 4.79 Å². The number of nitrogens with zero attached hydrogens (tertiary/aromatic N) is 1. The van der Waals surface area contributed by atoms with Gasteiger partial charge in [-0.15, -0.1) is 0 Å². The highest BCUT2D eigenvalue weighted by Gasteiger charge is 2.34. The van der Waals surface area contributed by atoms with E-state index < -0.39 is 5.97 Å². The summed E-state index contributed by atoms with van der Waals surface area (Å²) in [7, 11) is 0. The predicted octanol–water partition coefficient (Wildman–Crippen LogP) is 0.672. The number of carbonyl (C=O) groups excluding carboxylic acids is 2. The van der Waals surface area contributed by atoms with Gasteiger partial charge in [0.25, 0.3) is 0 Å². The molecule has 0 unspecified atom stereocenters. The van der Waals surface area contributed by atoms with Crippen molar-refractivity contribution in [2.45, 2.75) is 70.0 Å². The molecule has 2 saturated carbocycles. The fraction of sp³-hybridized carbons (Fsp3) is 0.824. The maximum Gasteiger partial charge on any atom is 0.317 e. The molecule has 0 heterocycles. The van der Waals surface area contributed by atoms with E-state index in [-0.39, 0.29) is 43.2 Å². The third-order valence-electron chi connectivity index (χ3n) is 5.09. The number of hydrogen-bond acceptors (Lipinski definition) is 4. The zero-order chi connectivity index (χ0) is 18.2. The maximum atomic E-state index is 11.9. The lowest BCUT2D eigenvalue weighted by molar-refractivity contribution is -0.139. The molecule has 0 aromatic rings. The summed E-state index contributed by atoms with van der Waals surface area (Å²) >= 11 is 0. The molecular formula is C17H30N4O4. The van der Waals surface area contributed by atoms with Gasteiger partial charge in [-0.1, -0.05) is 26.2 Å². The third-order valence-corrected chi connectivity index (χ3v) is 5.09. The van der Waals surface area contributed by atoms with Gasteiger partial charge in [0.2, 0.25) is 5.91 Å². The van der Waals surface area contributed by atoms with Gasteiger partial charge >= 0.3 is 12.0 Å². The second-order valence-corrected chi connectivity index (χ2v) is 7.01.